The Morgan fingerprint density at radius 2 is 2.26 bits per heavy atom. The number of nitrogens with one attached hydrogen (secondary N) is 1. The number of nitrogens with zero attached hydrogens (tertiary/aromatic N) is 2. The fourth-order valence-corrected chi connectivity index (χ4v) is 1.85. The van der Waals surface area contributed by atoms with Crippen molar-refractivity contribution in [2.45, 2.75) is 13.0 Å². The minimum atomic E-state index is 0.279. The van der Waals surface area contributed by atoms with Crippen molar-refractivity contribution in [3.63, 3.8) is 0 Å². The largest absolute Gasteiger partial charge is 0.454 e. The van der Waals surface area contributed by atoms with E-state index >= 15 is 0 Å². The molecular weight excluding hydrogens is 262 g/mol. The molecule has 1 aromatic carbocycles. The van der Waals surface area contributed by atoms with Gasteiger partial charge in [0.2, 0.25) is 6.79 Å². The summed E-state index contributed by atoms with van der Waals surface area (Å²) in [6, 6.07) is 7.90. The second-order valence-electron chi connectivity index (χ2n) is 4.18. The van der Waals surface area contributed by atoms with E-state index in [2.05, 4.69) is 11.4 Å². The lowest BCUT2D eigenvalue weighted by Crippen LogP contribution is -2.37. The van der Waals surface area contributed by atoms with Crippen molar-refractivity contribution in [1.29, 1.82) is 5.26 Å². The van der Waals surface area contributed by atoms with Crippen LogP contribution in [0.2, 0.25) is 0 Å². The molecule has 0 bridgehead atoms. The molecule has 6 heteroatoms. The molecule has 2 rings (SSSR count). The molecule has 0 unspecified atom stereocenters. The summed E-state index contributed by atoms with van der Waals surface area (Å²) in [5.74, 6) is 1.54. The van der Waals surface area contributed by atoms with Crippen molar-refractivity contribution in [3.8, 4) is 17.6 Å². The number of fused-ring (bicyclic) bond motifs is 1. The second kappa shape index (κ2) is 6.25. The van der Waals surface area contributed by atoms with E-state index in [1.165, 1.54) is 0 Å². The van der Waals surface area contributed by atoms with Gasteiger partial charge < -0.3 is 19.7 Å². The SMILES string of the molecule is CN(CCC#N)C(=S)NCc1ccc2c(c1)OCO2. The van der Waals surface area contributed by atoms with Gasteiger partial charge in [0.1, 0.15) is 0 Å². The highest BCUT2D eigenvalue weighted by Crippen LogP contribution is 2.32. The standard InChI is InChI=1S/C13H15N3O2S/c1-16(6-2-5-14)13(19)15-8-10-3-4-11-12(7-10)18-9-17-11/h3-4,7H,2,6,8-9H2,1H3,(H,15,19). The lowest BCUT2D eigenvalue weighted by Gasteiger charge is -2.19. The summed E-state index contributed by atoms with van der Waals surface area (Å²) in [6.45, 7) is 1.53. The molecule has 0 saturated heterocycles. The smallest absolute Gasteiger partial charge is 0.231 e. The number of benzene rings is 1. The first-order valence-electron chi connectivity index (χ1n) is 5.95. The molecule has 1 aliphatic heterocycles. The van der Waals surface area contributed by atoms with Gasteiger partial charge in [-0.05, 0) is 29.9 Å². The molecule has 0 saturated carbocycles. The van der Waals surface area contributed by atoms with E-state index in [4.69, 9.17) is 27.0 Å². The minimum absolute atomic E-state index is 0.279. The van der Waals surface area contributed by atoms with Crippen molar-refractivity contribution < 1.29 is 9.47 Å². The van der Waals surface area contributed by atoms with Crippen molar-refractivity contribution in [2.24, 2.45) is 0 Å². The van der Waals surface area contributed by atoms with Gasteiger partial charge in [-0.3, -0.25) is 0 Å². The van der Waals surface area contributed by atoms with Crippen LogP contribution in [0.4, 0.5) is 0 Å². The zero-order valence-corrected chi connectivity index (χ0v) is 11.5. The van der Waals surface area contributed by atoms with Crippen LogP contribution in [0, 0.1) is 11.3 Å². The number of hydrogen-bond donors (Lipinski definition) is 1. The summed E-state index contributed by atoms with van der Waals surface area (Å²) in [5.41, 5.74) is 1.07. The van der Waals surface area contributed by atoms with Gasteiger partial charge in [0.05, 0.1) is 12.5 Å². The van der Waals surface area contributed by atoms with Crippen molar-refractivity contribution in [3.05, 3.63) is 23.8 Å². The normalized spacial score (nSPS) is 11.8. The number of hydrogen-bond acceptors (Lipinski definition) is 4. The van der Waals surface area contributed by atoms with Gasteiger partial charge in [0, 0.05) is 20.1 Å². The fourth-order valence-electron chi connectivity index (χ4n) is 1.68. The Balaban J connectivity index is 1.85. The van der Waals surface area contributed by atoms with Gasteiger partial charge in [-0.2, -0.15) is 5.26 Å². The third-order valence-electron chi connectivity index (χ3n) is 2.79. The second-order valence-corrected chi connectivity index (χ2v) is 4.56. The molecule has 0 amide bonds. The van der Waals surface area contributed by atoms with Crippen LogP contribution in [0.25, 0.3) is 0 Å². The molecule has 0 fully saturated rings. The zero-order chi connectivity index (χ0) is 13.7. The first kappa shape index (κ1) is 13.4. The summed E-state index contributed by atoms with van der Waals surface area (Å²) >= 11 is 5.24. The Labute approximate surface area is 117 Å². The highest BCUT2D eigenvalue weighted by Gasteiger charge is 2.13. The summed E-state index contributed by atoms with van der Waals surface area (Å²) in [7, 11) is 1.87. The number of rotatable bonds is 4. The van der Waals surface area contributed by atoms with E-state index in [0.29, 0.717) is 24.6 Å². The Bertz CT molecular complexity index is 513. The monoisotopic (exact) mass is 277 g/mol. The quantitative estimate of drug-likeness (QED) is 0.844. The first-order chi connectivity index (χ1) is 9.20. The van der Waals surface area contributed by atoms with Crippen LogP contribution >= 0.6 is 12.2 Å². The van der Waals surface area contributed by atoms with E-state index < -0.39 is 0 Å². The fraction of sp³-hybridized carbons (Fsp3) is 0.385. The molecule has 100 valence electrons. The predicted octanol–water partition coefficient (Wildman–Crippen LogP) is 1.64. The van der Waals surface area contributed by atoms with E-state index in [-0.39, 0.29) is 6.79 Å². The molecule has 1 N–H and O–H groups in total. The molecule has 0 atom stereocenters. The Morgan fingerprint density at radius 1 is 1.47 bits per heavy atom. The lowest BCUT2D eigenvalue weighted by atomic mass is 10.2. The summed E-state index contributed by atoms with van der Waals surface area (Å²) in [5, 5.41) is 12.3. The van der Waals surface area contributed by atoms with Gasteiger partial charge in [0.15, 0.2) is 16.6 Å². The average Bonchev–Trinajstić information content (AvgIpc) is 2.89. The van der Waals surface area contributed by atoms with Crippen LogP contribution in [0.5, 0.6) is 11.5 Å². The maximum absolute atomic E-state index is 8.53. The average molecular weight is 277 g/mol. The van der Waals surface area contributed by atoms with Gasteiger partial charge in [-0.1, -0.05) is 6.07 Å². The Kier molecular flexibility index (Phi) is 4.42. The van der Waals surface area contributed by atoms with Gasteiger partial charge in [-0.15, -0.1) is 0 Å². The molecule has 5 nitrogen and oxygen atoms in total. The van der Waals surface area contributed by atoms with Crippen LogP contribution in [-0.2, 0) is 6.54 Å². The molecule has 1 aliphatic rings. The highest BCUT2D eigenvalue weighted by atomic mass is 32.1. The van der Waals surface area contributed by atoms with Crippen molar-refractivity contribution >= 4 is 17.3 Å². The number of ether oxygens (including phenoxy) is 2. The topological polar surface area (TPSA) is 57.5 Å². The molecule has 0 aromatic heterocycles. The molecule has 1 aromatic rings. The van der Waals surface area contributed by atoms with Crippen LogP contribution < -0.4 is 14.8 Å². The lowest BCUT2D eigenvalue weighted by molar-refractivity contribution is 0.174. The molecule has 0 aliphatic carbocycles. The molecule has 19 heavy (non-hydrogen) atoms. The maximum Gasteiger partial charge on any atom is 0.231 e. The zero-order valence-electron chi connectivity index (χ0n) is 10.7. The minimum Gasteiger partial charge on any atom is -0.454 e. The van der Waals surface area contributed by atoms with E-state index in [1.807, 2.05) is 30.1 Å². The summed E-state index contributed by atoms with van der Waals surface area (Å²) in [6.07, 6.45) is 0.461. The van der Waals surface area contributed by atoms with Crippen molar-refractivity contribution in [2.75, 3.05) is 20.4 Å². The highest BCUT2D eigenvalue weighted by molar-refractivity contribution is 7.80. The van der Waals surface area contributed by atoms with Crippen LogP contribution in [0.3, 0.4) is 0 Å². The van der Waals surface area contributed by atoms with Crippen molar-refractivity contribution in [1.82, 2.24) is 10.2 Å². The Hall–Kier alpha value is -2.00. The first-order valence-corrected chi connectivity index (χ1v) is 6.36. The summed E-state index contributed by atoms with van der Waals surface area (Å²) in [4.78, 5) is 1.85. The van der Waals surface area contributed by atoms with Crippen LogP contribution in [0.1, 0.15) is 12.0 Å². The van der Waals surface area contributed by atoms with E-state index in [1.54, 1.807) is 0 Å². The van der Waals surface area contributed by atoms with Gasteiger partial charge >= 0.3 is 0 Å². The number of nitriles is 1. The molecule has 0 radical (unpaired) electrons. The maximum atomic E-state index is 8.53. The third kappa shape index (κ3) is 3.48. The predicted molar refractivity (Wildman–Crippen MR) is 74.9 cm³/mol. The Morgan fingerprint density at radius 3 is 3.05 bits per heavy atom. The summed E-state index contributed by atoms with van der Waals surface area (Å²) < 4.78 is 10.6. The third-order valence-corrected chi connectivity index (χ3v) is 3.24. The van der Waals surface area contributed by atoms with E-state index in [9.17, 15) is 0 Å². The molecule has 0 spiro atoms. The van der Waals surface area contributed by atoms with Gasteiger partial charge in [0.25, 0.3) is 0 Å². The van der Waals surface area contributed by atoms with E-state index in [0.717, 1.165) is 17.1 Å². The van der Waals surface area contributed by atoms with Crippen LogP contribution in [-0.4, -0.2) is 30.4 Å². The molecular formula is C13H15N3O2S. The van der Waals surface area contributed by atoms with Crippen LogP contribution in [0.15, 0.2) is 18.2 Å². The van der Waals surface area contributed by atoms with Gasteiger partial charge in [-0.25, -0.2) is 0 Å². The molecule has 1 heterocycles. The number of thiocarbonyl (C=S) groups is 1.